The van der Waals surface area contributed by atoms with Gasteiger partial charge in [0.2, 0.25) is 0 Å². The zero-order chi connectivity index (χ0) is 8.60. The van der Waals surface area contributed by atoms with Gasteiger partial charge in [-0.2, -0.15) is 0 Å². The first-order chi connectivity index (χ1) is 5.72. The van der Waals surface area contributed by atoms with Gasteiger partial charge >= 0.3 is 0 Å². The van der Waals surface area contributed by atoms with Gasteiger partial charge in [0.15, 0.2) is 0 Å². The van der Waals surface area contributed by atoms with Crippen LogP contribution in [0.1, 0.15) is 20.3 Å². The molecule has 1 atom stereocenters. The minimum absolute atomic E-state index is 0.0303. The van der Waals surface area contributed by atoms with Crippen LogP contribution >= 0.6 is 0 Å². The average Bonchev–Trinajstić information content (AvgIpc) is 2.02. The Balaban J connectivity index is 1.94. The molecule has 2 fully saturated rings. The number of nitrogens with zero attached hydrogens (tertiary/aromatic N) is 1. The lowest BCUT2D eigenvalue weighted by atomic mass is 9.99. The summed E-state index contributed by atoms with van der Waals surface area (Å²) in [6, 6.07) is 0.646. The lowest BCUT2D eigenvalue weighted by Crippen LogP contribution is -2.68. The molecule has 2 aliphatic rings. The normalized spacial score (nSPS) is 37.2. The molecule has 0 radical (unpaired) electrons. The highest BCUT2D eigenvalue weighted by Crippen LogP contribution is 2.25. The van der Waals surface area contributed by atoms with Gasteiger partial charge in [-0.1, -0.05) is 0 Å². The van der Waals surface area contributed by atoms with Gasteiger partial charge in [0.05, 0.1) is 6.61 Å². The molecule has 2 saturated heterocycles. The van der Waals surface area contributed by atoms with E-state index in [1.54, 1.807) is 0 Å². The van der Waals surface area contributed by atoms with Gasteiger partial charge in [0, 0.05) is 32.1 Å². The lowest BCUT2D eigenvalue weighted by Gasteiger charge is -2.50. The van der Waals surface area contributed by atoms with Gasteiger partial charge in [-0.3, -0.25) is 10.2 Å². The van der Waals surface area contributed by atoms with Crippen molar-refractivity contribution in [3.05, 3.63) is 0 Å². The summed E-state index contributed by atoms with van der Waals surface area (Å²) in [5.74, 6) is 0. The van der Waals surface area contributed by atoms with E-state index in [2.05, 4.69) is 24.1 Å². The van der Waals surface area contributed by atoms with E-state index in [0.29, 0.717) is 6.04 Å². The van der Waals surface area contributed by atoms with Crippen molar-refractivity contribution in [1.29, 1.82) is 0 Å². The maximum absolute atomic E-state index is 5.73. The maximum Gasteiger partial charge on any atom is 0.133 e. The van der Waals surface area contributed by atoms with Crippen LogP contribution in [0.3, 0.4) is 0 Å². The van der Waals surface area contributed by atoms with Crippen molar-refractivity contribution in [2.24, 2.45) is 0 Å². The van der Waals surface area contributed by atoms with E-state index in [-0.39, 0.29) is 5.72 Å². The third kappa shape index (κ3) is 1.37. The van der Waals surface area contributed by atoms with Crippen molar-refractivity contribution in [3.63, 3.8) is 0 Å². The molecule has 0 aliphatic carbocycles. The number of rotatable bonds is 1. The van der Waals surface area contributed by atoms with Crippen LogP contribution in [0.15, 0.2) is 0 Å². The highest BCUT2D eigenvalue weighted by Gasteiger charge is 2.41. The molecular weight excluding hydrogens is 152 g/mol. The molecule has 2 heterocycles. The molecule has 0 amide bonds. The smallest absolute Gasteiger partial charge is 0.133 e. The Hall–Kier alpha value is -0.120. The summed E-state index contributed by atoms with van der Waals surface area (Å²) in [5, 5.41) is 3.38. The summed E-state index contributed by atoms with van der Waals surface area (Å²) in [6.45, 7) is 8.64. The Bertz CT molecular complexity index is 166. The van der Waals surface area contributed by atoms with Gasteiger partial charge in [0.25, 0.3) is 0 Å². The molecule has 0 saturated carbocycles. The van der Waals surface area contributed by atoms with Crippen LogP contribution in [0.4, 0.5) is 0 Å². The topological polar surface area (TPSA) is 24.5 Å². The predicted molar refractivity (Wildman–Crippen MR) is 48.0 cm³/mol. The van der Waals surface area contributed by atoms with Crippen molar-refractivity contribution in [2.75, 3.05) is 26.2 Å². The molecular formula is C9H18N2O. The van der Waals surface area contributed by atoms with Crippen molar-refractivity contribution in [2.45, 2.75) is 32.0 Å². The van der Waals surface area contributed by atoms with Gasteiger partial charge in [0.1, 0.15) is 5.72 Å². The first kappa shape index (κ1) is 8.48. The summed E-state index contributed by atoms with van der Waals surface area (Å²) < 4.78 is 5.73. The average molecular weight is 170 g/mol. The number of ether oxygens (including phenoxy) is 1. The molecule has 3 heteroatoms. The van der Waals surface area contributed by atoms with E-state index in [0.717, 1.165) is 26.2 Å². The number of morpholine rings is 1. The SMILES string of the molecule is CC(C)N1CCO[C@]2(CCN2)C1. The van der Waals surface area contributed by atoms with Crippen molar-refractivity contribution in [3.8, 4) is 0 Å². The van der Waals surface area contributed by atoms with Crippen LogP contribution in [0.25, 0.3) is 0 Å². The highest BCUT2D eigenvalue weighted by molar-refractivity contribution is 4.93. The molecule has 0 aromatic heterocycles. The lowest BCUT2D eigenvalue weighted by molar-refractivity contribution is -0.170. The third-order valence-electron chi connectivity index (χ3n) is 2.92. The van der Waals surface area contributed by atoms with Gasteiger partial charge in [-0.25, -0.2) is 0 Å². The molecule has 3 nitrogen and oxygen atoms in total. The third-order valence-corrected chi connectivity index (χ3v) is 2.92. The Kier molecular flexibility index (Phi) is 2.10. The predicted octanol–water partition coefficient (Wildman–Crippen LogP) is 0.417. The molecule has 0 aromatic carbocycles. The quantitative estimate of drug-likeness (QED) is 0.617. The van der Waals surface area contributed by atoms with E-state index < -0.39 is 0 Å². The Morgan fingerprint density at radius 1 is 1.50 bits per heavy atom. The molecule has 2 aliphatic heterocycles. The minimum Gasteiger partial charge on any atom is -0.358 e. The standard InChI is InChI=1S/C9H18N2O/c1-8(2)11-5-6-12-9(7-11)3-4-10-9/h8,10H,3-7H2,1-2H3/t9-/m1/s1. The summed E-state index contributed by atoms with van der Waals surface area (Å²) in [7, 11) is 0. The van der Waals surface area contributed by atoms with Crippen molar-refractivity contribution < 1.29 is 4.74 Å². The largest absolute Gasteiger partial charge is 0.358 e. The van der Waals surface area contributed by atoms with Crippen LogP contribution in [0, 0.1) is 0 Å². The second-order valence-electron chi connectivity index (χ2n) is 4.08. The van der Waals surface area contributed by atoms with E-state index in [9.17, 15) is 0 Å². The molecule has 1 N–H and O–H groups in total. The van der Waals surface area contributed by atoms with Gasteiger partial charge < -0.3 is 4.74 Å². The molecule has 0 aromatic rings. The monoisotopic (exact) mass is 170 g/mol. The molecule has 0 bridgehead atoms. The Labute approximate surface area is 74.1 Å². The van der Waals surface area contributed by atoms with Crippen LogP contribution in [0.2, 0.25) is 0 Å². The van der Waals surface area contributed by atoms with Gasteiger partial charge in [-0.15, -0.1) is 0 Å². The molecule has 2 rings (SSSR count). The fourth-order valence-electron chi connectivity index (χ4n) is 1.91. The fourth-order valence-corrected chi connectivity index (χ4v) is 1.91. The molecule has 70 valence electrons. The highest BCUT2D eigenvalue weighted by atomic mass is 16.5. The molecule has 1 spiro atoms. The first-order valence-corrected chi connectivity index (χ1v) is 4.85. The second kappa shape index (κ2) is 2.98. The first-order valence-electron chi connectivity index (χ1n) is 4.85. The van der Waals surface area contributed by atoms with E-state index >= 15 is 0 Å². The molecule has 0 unspecified atom stereocenters. The fraction of sp³-hybridized carbons (Fsp3) is 1.00. The maximum atomic E-state index is 5.73. The zero-order valence-corrected chi connectivity index (χ0v) is 7.97. The summed E-state index contributed by atoms with van der Waals surface area (Å²) in [6.07, 6.45) is 1.18. The van der Waals surface area contributed by atoms with E-state index in [1.165, 1.54) is 6.42 Å². The number of nitrogens with one attached hydrogen (secondary N) is 1. The minimum atomic E-state index is 0.0303. The Morgan fingerprint density at radius 3 is 2.75 bits per heavy atom. The van der Waals surface area contributed by atoms with Crippen molar-refractivity contribution >= 4 is 0 Å². The number of hydrogen-bond donors (Lipinski definition) is 1. The van der Waals surface area contributed by atoms with Crippen molar-refractivity contribution in [1.82, 2.24) is 10.2 Å². The van der Waals surface area contributed by atoms with E-state index in [1.807, 2.05) is 0 Å². The Morgan fingerprint density at radius 2 is 2.25 bits per heavy atom. The summed E-state index contributed by atoms with van der Waals surface area (Å²) in [4.78, 5) is 2.48. The van der Waals surface area contributed by atoms with Crippen LogP contribution < -0.4 is 5.32 Å². The van der Waals surface area contributed by atoms with Gasteiger partial charge in [-0.05, 0) is 13.8 Å². The van der Waals surface area contributed by atoms with E-state index in [4.69, 9.17) is 4.74 Å². The number of hydrogen-bond acceptors (Lipinski definition) is 3. The molecule has 12 heavy (non-hydrogen) atoms. The second-order valence-corrected chi connectivity index (χ2v) is 4.08. The zero-order valence-electron chi connectivity index (χ0n) is 7.97. The van der Waals surface area contributed by atoms with Crippen LogP contribution in [-0.4, -0.2) is 42.9 Å². The van der Waals surface area contributed by atoms with Crippen LogP contribution in [0.5, 0.6) is 0 Å². The summed E-state index contributed by atoms with van der Waals surface area (Å²) >= 11 is 0. The van der Waals surface area contributed by atoms with Crippen LogP contribution in [-0.2, 0) is 4.74 Å². The summed E-state index contributed by atoms with van der Waals surface area (Å²) in [5.41, 5.74) is 0.0303.